The Labute approximate surface area is 154 Å². The number of nitrogens with two attached hydrogens (primary N) is 1. The van der Waals surface area contributed by atoms with Crippen LogP contribution in [0.25, 0.3) is 0 Å². The van der Waals surface area contributed by atoms with Crippen molar-refractivity contribution in [2.24, 2.45) is 7.05 Å². The number of ketones is 1. The molecule has 9 heteroatoms. The van der Waals surface area contributed by atoms with Gasteiger partial charge in [-0.15, -0.1) is 0 Å². The highest BCUT2D eigenvalue weighted by molar-refractivity contribution is 6.01. The second-order valence-electron chi connectivity index (χ2n) is 5.70. The Hall–Kier alpha value is -3.20. The summed E-state index contributed by atoms with van der Waals surface area (Å²) in [6.07, 6.45) is 0. The van der Waals surface area contributed by atoms with Crippen molar-refractivity contribution < 1.29 is 19.1 Å². The fourth-order valence-electron chi connectivity index (χ4n) is 2.41. The number of rotatable bonds is 8. The molecule has 1 aromatic heterocycles. The monoisotopic (exact) mass is 375 g/mol. The first-order valence-electron chi connectivity index (χ1n) is 8.26. The van der Waals surface area contributed by atoms with Gasteiger partial charge in [0.15, 0.2) is 6.61 Å². The summed E-state index contributed by atoms with van der Waals surface area (Å²) < 4.78 is 11.6. The number of esters is 1. The van der Waals surface area contributed by atoms with Crippen LogP contribution in [0, 0.1) is 0 Å². The van der Waals surface area contributed by atoms with Crippen LogP contribution in [0.5, 0.6) is 0 Å². The second-order valence-corrected chi connectivity index (χ2v) is 5.70. The van der Waals surface area contributed by atoms with E-state index in [2.05, 4.69) is 0 Å². The van der Waals surface area contributed by atoms with Crippen molar-refractivity contribution in [1.29, 1.82) is 0 Å². The Morgan fingerprint density at radius 2 is 1.78 bits per heavy atom. The first-order chi connectivity index (χ1) is 12.9. The number of hydrogen-bond acceptors (Lipinski definition) is 7. The largest absolute Gasteiger partial charge is 0.456 e. The minimum atomic E-state index is -0.840. The number of Topliss-reactive ketones (excluding diaryl/α,β-unsaturated/α-hetero) is 1. The zero-order chi connectivity index (χ0) is 20.0. The van der Waals surface area contributed by atoms with Crippen molar-refractivity contribution >= 4 is 17.6 Å². The molecule has 1 aromatic carbocycles. The average Bonchev–Trinajstić information content (AvgIpc) is 2.67. The normalized spacial score (nSPS) is 10.6. The number of hydrogen-bond donors (Lipinski definition) is 1. The predicted octanol–water partition coefficient (Wildman–Crippen LogP) is -0.0601. The van der Waals surface area contributed by atoms with Crippen LogP contribution >= 0.6 is 0 Å². The molecular weight excluding hydrogens is 354 g/mol. The fourth-order valence-corrected chi connectivity index (χ4v) is 2.41. The Bertz CT molecular complexity index is 946. The smallest absolute Gasteiger partial charge is 0.332 e. The third-order valence-corrected chi connectivity index (χ3v) is 3.83. The van der Waals surface area contributed by atoms with E-state index in [-0.39, 0.29) is 19.0 Å². The van der Waals surface area contributed by atoms with Crippen LogP contribution < -0.4 is 17.0 Å². The molecule has 0 fully saturated rings. The van der Waals surface area contributed by atoms with E-state index in [1.54, 1.807) is 31.2 Å². The second kappa shape index (κ2) is 8.95. The molecule has 2 N–H and O–H groups in total. The highest BCUT2D eigenvalue weighted by Gasteiger charge is 2.22. The molecule has 0 saturated carbocycles. The van der Waals surface area contributed by atoms with Crippen molar-refractivity contribution in [3.05, 3.63) is 62.3 Å². The Kier molecular flexibility index (Phi) is 6.67. The van der Waals surface area contributed by atoms with Crippen LogP contribution in [0.1, 0.15) is 22.8 Å². The number of benzene rings is 1. The van der Waals surface area contributed by atoms with E-state index in [0.717, 1.165) is 14.7 Å². The van der Waals surface area contributed by atoms with Crippen molar-refractivity contribution in [3.63, 3.8) is 0 Å². The number of ether oxygens (including phenoxy) is 2. The zero-order valence-electron chi connectivity index (χ0n) is 15.1. The Morgan fingerprint density at radius 1 is 1.11 bits per heavy atom. The molecule has 2 aromatic rings. The van der Waals surface area contributed by atoms with Crippen molar-refractivity contribution in [3.8, 4) is 0 Å². The number of anilines is 1. The van der Waals surface area contributed by atoms with E-state index in [4.69, 9.17) is 15.2 Å². The molecule has 0 aliphatic rings. The minimum absolute atomic E-state index is 0.0873. The third kappa shape index (κ3) is 4.70. The molecule has 0 atom stereocenters. The highest BCUT2D eigenvalue weighted by atomic mass is 16.6. The minimum Gasteiger partial charge on any atom is -0.456 e. The predicted molar refractivity (Wildman–Crippen MR) is 97.7 cm³/mol. The fraction of sp³-hybridized carbons (Fsp3) is 0.333. The molecule has 0 spiro atoms. The maximum atomic E-state index is 12.4. The SMILES string of the molecule is CCOCC(=O)OCC(=O)c1c(N)n(Cc2ccccc2)c(=O)n(C)c1=O. The highest BCUT2D eigenvalue weighted by Crippen LogP contribution is 2.09. The Balaban J connectivity index is 2.33. The quantitative estimate of drug-likeness (QED) is 0.506. The van der Waals surface area contributed by atoms with Gasteiger partial charge in [-0.25, -0.2) is 9.59 Å². The lowest BCUT2D eigenvalue weighted by atomic mass is 10.2. The summed E-state index contributed by atoms with van der Waals surface area (Å²) in [4.78, 5) is 48.6. The van der Waals surface area contributed by atoms with Gasteiger partial charge in [-0.2, -0.15) is 0 Å². The third-order valence-electron chi connectivity index (χ3n) is 3.83. The van der Waals surface area contributed by atoms with E-state index in [0.29, 0.717) is 6.61 Å². The van der Waals surface area contributed by atoms with E-state index >= 15 is 0 Å². The summed E-state index contributed by atoms with van der Waals surface area (Å²) in [7, 11) is 1.25. The molecule has 1 heterocycles. The van der Waals surface area contributed by atoms with Gasteiger partial charge in [0.05, 0.1) is 6.54 Å². The lowest BCUT2D eigenvalue weighted by molar-refractivity contribution is -0.147. The van der Waals surface area contributed by atoms with E-state index in [1.165, 1.54) is 7.05 Å². The summed E-state index contributed by atoms with van der Waals surface area (Å²) in [5.41, 5.74) is 4.84. The molecule has 0 bridgehead atoms. The molecule has 0 radical (unpaired) electrons. The van der Waals surface area contributed by atoms with Gasteiger partial charge in [0, 0.05) is 13.7 Å². The standard InChI is InChI=1S/C18H21N3O6/c1-3-26-11-14(23)27-10-13(22)15-16(19)21(18(25)20(2)17(15)24)9-12-7-5-4-6-8-12/h4-8H,3,9-11,19H2,1-2H3. The van der Waals surface area contributed by atoms with Gasteiger partial charge >= 0.3 is 11.7 Å². The van der Waals surface area contributed by atoms with Gasteiger partial charge in [-0.1, -0.05) is 30.3 Å². The molecule has 2 rings (SSSR count). The number of carbonyl (C=O) groups is 2. The molecule has 0 saturated heterocycles. The first-order valence-corrected chi connectivity index (χ1v) is 8.26. The number of carbonyl (C=O) groups excluding carboxylic acids is 2. The van der Waals surface area contributed by atoms with Crippen LogP contribution in [-0.2, 0) is 27.9 Å². The molecule has 0 amide bonds. The lowest BCUT2D eigenvalue weighted by Gasteiger charge is -2.14. The van der Waals surface area contributed by atoms with Gasteiger partial charge in [0.2, 0.25) is 5.78 Å². The number of nitrogen functional groups attached to an aromatic ring is 1. The van der Waals surface area contributed by atoms with Gasteiger partial charge < -0.3 is 15.2 Å². The van der Waals surface area contributed by atoms with Crippen molar-refractivity contribution in [2.45, 2.75) is 13.5 Å². The molecule has 27 heavy (non-hydrogen) atoms. The summed E-state index contributed by atoms with van der Waals surface area (Å²) in [5.74, 6) is -1.80. The Morgan fingerprint density at radius 3 is 2.41 bits per heavy atom. The molecule has 9 nitrogen and oxygen atoms in total. The average molecular weight is 375 g/mol. The van der Waals surface area contributed by atoms with Crippen LogP contribution in [-0.4, -0.2) is 40.7 Å². The van der Waals surface area contributed by atoms with E-state index in [1.807, 2.05) is 6.07 Å². The maximum Gasteiger partial charge on any atom is 0.332 e. The first kappa shape index (κ1) is 20.1. The topological polar surface area (TPSA) is 123 Å². The summed E-state index contributed by atoms with van der Waals surface area (Å²) >= 11 is 0. The van der Waals surface area contributed by atoms with Gasteiger partial charge in [-0.3, -0.25) is 18.7 Å². The molecule has 144 valence electrons. The summed E-state index contributed by atoms with van der Waals surface area (Å²) in [6.45, 7) is 1.14. The zero-order valence-corrected chi connectivity index (χ0v) is 15.1. The number of nitrogens with zero attached hydrogens (tertiary/aromatic N) is 2. The summed E-state index contributed by atoms with van der Waals surface area (Å²) in [6, 6.07) is 8.98. The number of aromatic nitrogens is 2. The lowest BCUT2D eigenvalue weighted by Crippen LogP contribution is -2.43. The van der Waals surface area contributed by atoms with E-state index < -0.39 is 35.2 Å². The van der Waals surface area contributed by atoms with Crippen LogP contribution in [0.4, 0.5) is 5.82 Å². The maximum absolute atomic E-state index is 12.4. The van der Waals surface area contributed by atoms with Crippen molar-refractivity contribution in [2.75, 3.05) is 25.6 Å². The van der Waals surface area contributed by atoms with Gasteiger partial charge in [-0.05, 0) is 12.5 Å². The van der Waals surface area contributed by atoms with Gasteiger partial charge in [0.25, 0.3) is 5.56 Å². The molecule has 0 aliphatic heterocycles. The van der Waals surface area contributed by atoms with Gasteiger partial charge in [0.1, 0.15) is 18.0 Å². The molecule has 0 aliphatic carbocycles. The van der Waals surface area contributed by atoms with Crippen molar-refractivity contribution in [1.82, 2.24) is 9.13 Å². The van der Waals surface area contributed by atoms with E-state index in [9.17, 15) is 19.2 Å². The summed E-state index contributed by atoms with van der Waals surface area (Å²) in [5, 5.41) is 0. The molecular formula is C18H21N3O6. The van der Waals surface area contributed by atoms with Crippen LogP contribution in [0.15, 0.2) is 39.9 Å². The van der Waals surface area contributed by atoms with Crippen LogP contribution in [0.3, 0.4) is 0 Å². The van der Waals surface area contributed by atoms with Crippen LogP contribution in [0.2, 0.25) is 0 Å². The molecule has 0 unspecified atom stereocenters.